The Labute approximate surface area is 137 Å². The van der Waals surface area contributed by atoms with Crippen molar-refractivity contribution >= 4 is 5.78 Å². The zero-order chi connectivity index (χ0) is 16.1. The number of ketones is 1. The van der Waals surface area contributed by atoms with Crippen LogP contribution in [0.25, 0.3) is 0 Å². The van der Waals surface area contributed by atoms with Crippen LogP contribution < -0.4 is 0 Å². The van der Waals surface area contributed by atoms with E-state index in [1.165, 1.54) is 5.56 Å². The first-order valence-electron chi connectivity index (χ1n) is 8.23. The molecule has 0 N–H and O–H groups in total. The van der Waals surface area contributed by atoms with Crippen molar-refractivity contribution in [2.45, 2.75) is 13.0 Å². The van der Waals surface area contributed by atoms with Crippen molar-refractivity contribution in [2.75, 3.05) is 26.3 Å². The maximum atomic E-state index is 12.9. The fraction of sp³-hybridized carbons (Fsp3) is 0.350. The number of nitrogens with zero attached hydrogens (tertiary/aromatic N) is 1. The summed E-state index contributed by atoms with van der Waals surface area (Å²) in [7, 11) is 0. The van der Waals surface area contributed by atoms with E-state index >= 15 is 0 Å². The number of morpholine rings is 1. The summed E-state index contributed by atoms with van der Waals surface area (Å²) in [6.07, 6.45) is 0. The molecular weight excluding hydrogens is 286 g/mol. The van der Waals surface area contributed by atoms with Gasteiger partial charge in [-0.05, 0) is 5.56 Å². The average Bonchev–Trinajstić information content (AvgIpc) is 2.64. The average molecular weight is 309 g/mol. The highest BCUT2D eigenvalue weighted by Gasteiger charge is 2.32. The van der Waals surface area contributed by atoms with Gasteiger partial charge in [-0.3, -0.25) is 9.69 Å². The molecule has 3 rings (SSSR count). The number of Topliss-reactive ketones (excluding diaryl/α,β-unsaturated/α-hetero) is 1. The lowest BCUT2D eigenvalue weighted by Gasteiger charge is -2.37. The minimum absolute atomic E-state index is 0.0906. The van der Waals surface area contributed by atoms with Crippen molar-refractivity contribution in [3.05, 3.63) is 71.8 Å². The van der Waals surface area contributed by atoms with E-state index < -0.39 is 0 Å². The maximum Gasteiger partial charge on any atom is 0.167 e. The number of hydrogen-bond acceptors (Lipinski definition) is 3. The van der Waals surface area contributed by atoms with Gasteiger partial charge in [0.25, 0.3) is 0 Å². The smallest absolute Gasteiger partial charge is 0.167 e. The summed E-state index contributed by atoms with van der Waals surface area (Å²) in [6.45, 7) is 5.24. The Morgan fingerprint density at radius 1 is 0.957 bits per heavy atom. The minimum atomic E-state index is -0.0992. The monoisotopic (exact) mass is 309 g/mol. The Hall–Kier alpha value is -1.97. The number of hydrogen-bond donors (Lipinski definition) is 0. The molecule has 120 valence electrons. The zero-order valence-electron chi connectivity index (χ0n) is 13.5. The number of carbonyl (C=O) groups is 1. The standard InChI is InChI=1S/C20H23NO2/c1-16(20(22)18-10-6-3-7-11-18)19(17-8-4-2-5-9-17)21-12-14-23-15-13-21/h2-11,16,19H,12-15H2,1H3/t16-,19+/m0/s1. The molecule has 0 bridgehead atoms. The van der Waals surface area contributed by atoms with Crippen LogP contribution in [0, 0.1) is 5.92 Å². The molecule has 2 atom stereocenters. The van der Waals surface area contributed by atoms with Gasteiger partial charge in [0.05, 0.1) is 13.2 Å². The summed E-state index contributed by atoms with van der Waals surface area (Å²) >= 11 is 0. The van der Waals surface area contributed by atoms with Crippen LogP contribution in [0.1, 0.15) is 28.9 Å². The first kappa shape index (κ1) is 15.9. The highest BCUT2D eigenvalue weighted by Crippen LogP contribution is 2.31. The van der Waals surface area contributed by atoms with Gasteiger partial charge in [-0.2, -0.15) is 0 Å². The Kier molecular flexibility index (Phi) is 5.21. The van der Waals surface area contributed by atoms with Crippen LogP contribution in [0.15, 0.2) is 60.7 Å². The summed E-state index contributed by atoms with van der Waals surface area (Å²) in [5, 5.41) is 0. The van der Waals surface area contributed by atoms with Gasteiger partial charge in [0.2, 0.25) is 0 Å². The number of carbonyl (C=O) groups excluding carboxylic acids is 1. The SMILES string of the molecule is C[C@H](C(=O)c1ccccc1)[C@H](c1ccccc1)N1CCOCC1. The van der Waals surface area contributed by atoms with Gasteiger partial charge in [-0.15, -0.1) is 0 Å². The summed E-state index contributed by atoms with van der Waals surface area (Å²) < 4.78 is 5.48. The van der Waals surface area contributed by atoms with Crippen molar-refractivity contribution in [2.24, 2.45) is 5.92 Å². The van der Waals surface area contributed by atoms with Crippen molar-refractivity contribution < 1.29 is 9.53 Å². The maximum absolute atomic E-state index is 12.9. The van der Waals surface area contributed by atoms with Crippen molar-refractivity contribution in [3.8, 4) is 0 Å². The topological polar surface area (TPSA) is 29.5 Å². The summed E-state index contributed by atoms with van der Waals surface area (Å²) in [6, 6.07) is 20.0. The van der Waals surface area contributed by atoms with Gasteiger partial charge in [0.15, 0.2) is 5.78 Å². The molecule has 2 aromatic carbocycles. The molecule has 1 aliphatic rings. The fourth-order valence-electron chi connectivity index (χ4n) is 3.33. The Balaban J connectivity index is 1.89. The molecule has 1 heterocycles. The van der Waals surface area contributed by atoms with Gasteiger partial charge in [0.1, 0.15) is 0 Å². The van der Waals surface area contributed by atoms with E-state index in [4.69, 9.17) is 4.74 Å². The van der Waals surface area contributed by atoms with E-state index in [1.54, 1.807) is 0 Å². The van der Waals surface area contributed by atoms with Gasteiger partial charge < -0.3 is 4.74 Å². The largest absolute Gasteiger partial charge is 0.379 e. The zero-order valence-corrected chi connectivity index (χ0v) is 13.5. The van der Waals surface area contributed by atoms with E-state index in [0.717, 1.165) is 31.9 Å². The molecule has 0 radical (unpaired) electrons. The van der Waals surface area contributed by atoms with Crippen LogP contribution in [0.2, 0.25) is 0 Å². The lowest BCUT2D eigenvalue weighted by molar-refractivity contribution is 0.00491. The molecule has 0 saturated carbocycles. The normalized spacial score (nSPS) is 18.3. The molecule has 1 saturated heterocycles. The van der Waals surface area contributed by atoms with E-state index in [0.29, 0.717) is 0 Å². The van der Waals surface area contributed by atoms with Crippen LogP contribution in [0.5, 0.6) is 0 Å². The third-order valence-electron chi connectivity index (χ3n) is 4.53. The Morgan fingerprint density at radius 3 is 2.13 bits per heavy atom. The Bertz CT molecular complexity index is 621. The molecule has 1 fully saturated rings. The second-order valence-corrected chi connectivity index (χ2v) is 6.02. The summed E-state index contributed by atoms with van der Waals surface area (Å²) in [5.74, 6) is 0.101. The van der Waals surface area contributed by atoms with E-state index in [-0.39, 0.29) is 17.7 Å². The predicted molar refractivity (Wildman–Crippen MR) is 91.5 cm³/mol. The molecule has 0 aromatic heterocycles. The molecule has 0 unspecified atom stereocenters. The molecule has 3 nitrogen and oxygen atoms in total. The predicted octanol–water partition coefficient (Wildman–Crippen LogP) is 3.58. The molecule has 0 aliphatic carbocycles. The molecule has 23 heavy (non-hydrogen) atoms. The van der Waals surface area contributed by atoms with Crippen LogP contribution in [0.3, 0.4) is 0 Å². The summed E-state index contributed by atoms with van der Waals surface area (Å²) in [5.41, 5.74) is 1.99. The second kappa shape index (κ2) is 7.53. The molecular formula is C20H23NO2. The third kappa shape index (κ3) is 3.69. The van der Waals surface area contributed by atoms with Gasteiger partial charge in [-0.25, -0.2) is 0 Å². The summed E-state index contributed by atoms with van der Waals surface area (Å²) in [4.78, 5) is 15.3. The molecule has 3 heteroatoms. The van der Waals surface area contributed by atoms with E-state index in [9.17, 15) is 4.79 Å². The third-order valence-corrected chi connectivity index (χ3v) is 4.53. The lowest BCUT2D eigenvalue weighted by atomic mass is 9.86. The highest BCUT2D eigenvalue weighted by molar-refractivity contribution is 5.98. The highest BCUT2D eigenvalue weighted by atomic mass is 16.5. The van der Waals surface area contributed by atoms with Crippen LogP contribution in [-0.2, 0) is 4.74 Å². The van der Waals surface area contributed by atoms with Gasteiger partial charge in [0, 0.05) is 30.6 Å². The van der Waals surface area contributed by atoms with E-state index in [2.05, 4.69) is 17.0 Å². The van der Waals surface area contributed by atoms with Gasteiger partial charge in [-0.1, -0.05) is 67.6 Å². The minimum Gasteiger partial charge on any atom is -0.379 e. The lowest BCUT2D eigenvalue weighted by Crippen LogP contribution is -2.43. The first-order chi connectivity index (χ1) is 11.3. The van der Waals surface area contributed by atoms with E-state index in [1.807, 2.05) is 55.5 Å². The van der Waals surface area contributed by atoms with Crippen molar-refractivity contribution in [3.63, 3.8) is 0 Å². The second-order valence-electron chi connectivity index (χ2n) is 6.02. The number of benzene rings is 2. The first-order valence-corrected chi connectivity index (χ1v) is 8.23. The quantitative estimate of drug-likeness (QED) is 0.791. The van der Waals surface area contributed by atoms with Crippen LogP contribution in [-0.4, -0.2) is 37.0 Å². The van der Waals surface area contributed by atoms with Crippen LogP contribution in [0.4, 0.5) is 0 Å². The Morgan fingerprint density at radius 2 is 1.52 bits per heavy atom. The van der Waals surface area contributed by atoms with Crippen molar-refractivity contribution in [1.29, 1.82) is 0 Å². The van der Waals surface area contributed by atoms with Gasteiger partial charge >= 0.3 is 0 Å². The molecule has 0 amide bonds. The fourth-order valence-corrected chi connectivity index (χ4v) is 3.33. The molecule has 1 aliphatic heterocycles. The number of rotatable bonds is 5. The van der Waals surface area contributed by atoms with Crippen molar-refractivity contribution in [1.82, 2.24) is 4.90 Å². The van der Waals surface area contributed by atoms with Crippen LogP contribution >= 0.6 is 0 Å². The number of ether oxygens (including phenoxy) is 1. The molecule has 2 aromatic rings. The molecule has 0 spiro atoms.